The Bertz CT molecular complexity index is 1460. The van der Waals surface area contributed by atoms with Crippen molar-refractivity contribution in [1.29, 1.82) is 0 Å². The number of benzene rings is 2. The van der Waals surface area contributed by atoms with Crippen LogP contribution in [-0.4, -0.2) is 22.2 Å². The summed E-state index contributed by atoms with van der Waals surface area (Å²) in [4.78, 5) is 23.4. The Kier molecular flexibility index (Phi) is 16.0. The van der Waals surface area contributed by atoms with Crippen molar-refractivity contribution in [2.75, 3.05) is 0 Å². The maximum atomic E-state index is 11.7. The second-order valence-electron chi connectivity index (χ2n) is 22.9. The molecule has 0 saturated carbocycles. The molecule has 53 heavy (non-hydrogen) atoms. The molecule has 0 aliphatic carbocycles. The number of aromatic hydroxyl groups is 2. The van der Waals surface area contributed by atoms with Crippen molar-refractivity contribution in [2.24, 2.45) is 21.7 Å². The summed E-state index contributed by atoms with van der Waals surface area (Å²) in [6.45, 7) is 42.8. The van der Waals surface area contributed by atoms with Crippen molar-refractivity contribution < 1.29 is 49.5 Å². The summed E-state index contributed by atoms with van der Waals surface area (Å²) in [5.41, 5.74) is 2.16. The van der Waals surface area contributed by atoms with E-state index in [0.29, 0.717) is 11.1 Å². The van der Waals surface area contributed by atoms with Crippen LogP contribution < -0.4 is 10.2 Å². The number of aromatic carboxylic acids is 2. The first-order valence-corrected chi connectivity index (χ1v) is 18.9. The third-order valence-electron chi connectivity index (χ3n) is 9.57. The minimum atomic E-state index is -1.33. The van der Waals surface area contributed by atoms with E-state index in [-0.39, 0.29) is 85.4 Å². The van der Waals surface area contributed by atoms with E-state index in [4.69, 9.17) is 0 Å². The monoisotopic (exact) mass is 786 g/mol. The summed E-state index contributed by atoms with van der Waals surface area (Å²) in [7, 11) is 0. The summed E-state index contributed by atoms with van der Waals surface area (Å²) in [6, 6.07) is 7.18. The van der Waals surface area contributed by atoms with Crippen LogP contribution in [0, 0.1) is 21.7 Å². The van der Waals surface area contributed by atoms with Crippen LogP contribution in [0.2, 0.25) is 0 Å². The Morgan fingerprint density at radius 1 is 0.434 bits per heavy atom. The molecule has 2 rings (SSSR count). The zero-order valence-corrected chi connectivity index (χ0v) is 40.3. The minimum Gasteiger partial charge on any atom is -0.545 e. The minimum absolute atomic E-state index is 0. The standard InChI is InChI=1S/2C23H38O3.Zn/c2*1-20(2,3)13-22(7,8)15-11-16(19(25)26)18(24)17(12-15)23(9,10)14-21(4,5)6;/h2*11-12,24H,13-14H2,1-10H3,(H,25,26);/q;;+2/p-2. The molecule has 0 unspecified atom stereocenters. The summed E-state index contributed by atoms with van der Waals surface area (Å²) in [5.74, 6) is -2.98. The van der Waals surface area contributed by atoms with Gasteiger partial charge in [0.25, 0.3) is 0 Å². The van der Waals surface area contributed by atoms with Gasteiger partial charge >= 0.3 is 19.5 Å². The first-order chi connectivity index (χ1) is 22.7. The molecule has 296 valence electrons. The molecule has 0 heterocycles. The number of hydrogen-bond acceptors (Lipinski definition) is 6. The van der Waals surface area contributed by atoms with E-state index in [0.717, 1.165) is 36.8 Å². The predicted molar refractivity (Wildman–Crippen MR) is 213 cm³/mol. The topological polar surface area (TPSA) is 121 Å². The Morgan fingerprint density at radius 2 is 0.642 bits per heavy atom. The predicted octanol–water partition coefficient (Wildman–Crippen LogP) is 10.4. The summed E-state index contributed by atoms with van der Waals surface area (Å²) in [6.07, 6.45) is 3.44. The largest absolute Gasteiger partial charge is 2.00 e. The van der Waals surface area contributed by atoms with Crippen LogP contribution in [0.1, 0.15) is 207 Å². The zero-order valence-electron chi connectivity index (χ0n) is 37.4. The average molecular weight is 788 g/mol. The molecule has 2 N–H and O–H groups in total. The fourth-order valence-corrected chi connectivity index (χ4v) is 9.09. The van der Waals surface area contributed by atoms with Crippen LogP contribution in [0.15, 0.2) is 24.3 Å². The van der Waals surface area contributed by atoms with Crippen molar-refractivity contribution in [3.05, 3.63) is 57.6 Å². The fraction of sp³-hybridized carbons (Fsp3) is 0.696. The number of carboxylic acid groups (broad SMARTS) is 2. The zero-order chi connectivity index (χ0) is 41.4. The van der Waals surface area contributed by atoms with Gasteiger partial charge in [-0.1, -0.05) is 151 Å². The number of carbonyl (C=O) groups is 2. The van der Waals surface area contributed by atoms with E-state index in [9.17, 15) is 30.0 Å². The maximum Gasteiger partial charge on any atom is 2.00 e. The van der Waals surface area contributed by atoms with Crippen molar-refractivity contribution in [3.8, 4) is 11.5 Å². The van der Waals surface area contributed by atoms with E-state index in [1.54, 1.807) is 12.1 Å². The molecular formula is C46H74O6Zn. The molecule has 0 radical (unpaired) electrons. The molecule has 2 aromatic carbocycles. The van der Waals surface area contributed by atoms with Crippen LogP contribution in [0.5, 0.6) is 11.5 Å². The van der Waals surface area contributed by atoms with E-state index in [1.807, 2.05) is 12.1 Å². The van der Waals surface area contributed by atoms with Gasteiger partial charge in [0.2, 0.25) is 0 Å². The molecule has 0 saturated heterocycles. The van der Waals surface area contributed by atoms with Crippen LogP contribution >= 0.6 is 0 Å². The third-order valence-corrected chi connectivity index (χ3v) is 9.57. The van der Waals surface area contributed by atoms with Crippen molar-refractivity contribution >= 4 is 11.9 Å². The normalized spacial score (nSPS) is 13.5. The van der Waals surface area contributed by atoms with Crippen molar-refractivity contribution in [2.45, 2.75) is 186 Å². The molecular weight excluding hydrogens is 714 g/mol. The number of phenols is 2. The maximum absolute atomic E-state index is 11.7. The number of rotatable bonds is 10. The van der Waals surface area contributed by atoms with E-state index in [1.165, 1.54) is 0 Å². The molecule has 2 aromatic rings. The number of hydrogen-bond donors (Lipinski definition) is 2. The first-order valence-electron chi connectivity index (χ1n) is 18.9. The van der Waals surface area contributed by atoms with Crippen molar-refractivity contribution in [3.63, 3.8) is 0 Å². The van der Waals surface area contributed by atoms with Crippen LogP contribution in [-0.2, 0) is 41.1 Å². The molecule has 0 fully saturated rings. The second kappa shape index (κ2) is 16.8. The SMILES string of the molecule is CC(C)(C)CC(C)(C)c1cc(C(=O)[O-])c(O)c(C(C)(C)CC(C)(C)C)c1.CC(C)(C)CC(C)(C)c1cc(C(=O)[O-])c(O)c(C(C)(C)CC(C)(C)C)c1.[Zn+2]. The molecule has 0 amide bonds. The van der Waals surface area contributed by atoms with Gasteiger partial charge in [-0.15, -0.1) is 0 Å². The second-order valence-corrected chi connectivity index (χ2v) is 22.9. The smallest absolute Gasteiger partial charge is 0.545 e. The van der Waals surface area contributed by atoms with Gasteiger partial charge in [-0.05, 0) is 92.3 Å². The van der Waals surface area contributed by atoms with Gasteiger partial charge in [0.15, 0.2) is 0 Å². The number of carbonyl (C=O) groups excluding carboxylic acids is 2. The van der Waals surface area contributed by atoms with Gasteiger partial charge in [-0.3, -0.25) is 0 Å². The number of carboxylic acids is 2. The quantitative estimate of drug-likeness (QED) is 0.231. The van der Waals surface area contributed by atoms with Gasteiger partial charge in [-0.2, -0.15) is 0 Å². The molecule has 0 aromatic heterocycles. The first kappa shape index (κ1) is 50.6. The molecule has 0 bridgehead atoms. The summed E-state index contributed by atoms with van der Waals surface area (Å²) in [5, 5.41) is 44.7. The summed E-state index contributed by atoms with van der Waals surface area (Å²) < 4.78 is 0. The molecule has 7 heteroatoms. The Labute approximate surface area is 336 Å². The van der Waals surface area contributed by atoms with E-state index in [2.05, 4.69) is 138 Å². The molecule has 0 spiro atoms. The van der Waals surface area contributed by atoms with Gasteiger partial charge in [0.05, 0.1) is 11.9 Å². The van der Waals surface area contributed by atoms with Gasteiger partial charge in [0.1, 0.15) is 11.5 Å². The van der Waals surface area contributed by atoms with E-state index >= 15 is 0 Å². The molecule has 0 aliphatic rings. The molecule has 6 nitrogen and oxygen atoms in total. The Balaban J connectivity index is 0.00000100. The molecule has 0 atom stereocenters. The van der Waals surface area contributed by atoms with Gasteiger partial charge in [-0.25, -0.2) is 0 Å². The van der Waals surface area contributed by atoms with E-state index < -0.39 is 11.9 Å². The van der Waals surface area contributed by atoms with Crippen LogP contribution in [0.4, 0.5) is 0 Å². The van der Waals surface area contributed by atoms with Crippen LogP contribution in [0.25, 0.3) is 0 Å². The fourth-order valence-electron chi connectivity index (χ4n) is 9.09. The third kappa shape index (κ3) is 15.3. The van der Waals surface area contributed by atoms with Gasteiger partial charge < -0.3 is 30.0 Å². The summed E-state index contributed by atoms with van der Waals surface area (Å²) >= 11 is 0. The Hall–Kier alpha value is -2.40. The Morgan fingerprint density at radius 3 is 0.830 bits per heavy atom. The van der Waals surface area contributed by atoms with Gasteiger partial charge in [0, 0.05) is 22.3 Å². The average Bonchev–Trinajstić information content (AvgIpc) is 2.82. The molecule has 0 aliphatic heterocycles. The van der Waals surface area contributed by atoms with Crippen molar-refractivity contribution in [1.82, 2.24) is 0 Å². The van der Waals surface area contributed by atoms with Crippen LogP contribution in [0.3, 0.4) is 0 Å².